The molecule has 0 spiro atoms. The van der Waals surface area contributed by atoms with E-state index in [1.165, 1.54) is 0 Å². The van der Waals surface area contributed by atoms with Gasteiger partial charge >= 0.3 is 0 Å². The van der Waals surface area contributed by atoms with E-state index < -0.39 is 0 Å². The fourth-order valence-corrected chi connectivity index (χ4v) is 1.84. The van der Waals surface area contributed by atoms with Crippen LogP contribution in [-0.4, -0.2) is 7.11 Å². The Kier molecular flexibility index (Phi) is 4.07. The number of nitrogens with zero attached hydrogens (tertiary/aromatic N) is 1. The summed E-state index contributed by atoms with van der Waals surface area (Å²) < 4.78 is 5.26. The average Bonchev–Trinajstić information content (AvgIpc) is 2.65. The lowest BCUT2D eigenvalue weighted by Crippen LogP contribution is -1.86. The molecule has 0 heterocycles. The van der Waals surface area contributed by atoms with Gasteiger partial charge in [0.05, 0.1) is 7.11 Å². The second-order valence-electron chi connectivity index (χ2n) is 4.03. The van der Waals surface area contributed by atoms with Crippen LogP contribution in [0.1, 0.15) is 17.5 Å². The molecule has 0 saturated heterocycles. The van der Waals surface area contributed by atoms with Crippen molar-refractivity contribution in [3.05, 3.63) is 70.4 Å². The van der Waals surface area contributed by atoms with E-state index in [0.29, 0.717) is 0 Å². The molecule has 92 valence electrons. The lowest BCUT2D eigenvalue weighted by atomic mass is 10.0. The van der Waals surface area contributed by atoms with Crippen LogP contribution < -0.4 is 0 Å². The number of allylic oxidation sites excluding steroid dienone is 5. The summed E-state index contributed by atoms with van der Waals surface area (Å²) in [6.07, 6.45) is 9.07. The van der Waals surface area contributed by atoms with Crippen molar-refractivity contribution in [2.75, 3.05) is 7.11 Å². The van der Waals surface area contributed by atoms with Gasteiger partial charge in [0.15, 0.2) is 0 Å². The third-order valence-electron chi connectivity index (χ3n) is 2.82. The zero-order valence-electron chi connectivity index (χ0n) is 10.3. The van der Waals surface area contributed by atoms with Gasteiger partial charge in [-0.05, 0) is 35.3 Å². The molecule has 0 aliphatic heterocycles. The number of hydrogen-bond acceptors (Lipinski definition) is 3. The zero-order chi connectivity index (χ0) is 12.8. The molecular formula is C15H15NO2. The smallest absolute Gasteiger partial charge is 0.119 e. The maximum Gasteiger partial charge on any atom is 0.119 e. The van der Waals surface area contributed by atoms with E-state index in [-0.39, 0.29) is 6.54 Å². The summed E-state index contributed by atoms with van der Waals surface area (Å²) >= 11 is 0. The first kappa shape index (κ1) is 12.3. The van der Waals surface area contributed by atoms with E-state index in [1.54, 1.807) is 7.11 Å². The van der Waals surface area contributed by atoms with Crippen LogP contribution in [0.4, 0.5) is 0 Å². The lowest BCUT2D eigenvalue weighted by molar-refractivity contribution is 0.307. The highest BCUT2D eigenvalue weighted by Gasteiger charge is 2.03. The molecule has 18 heavy (non-hydrogen) atoms. The molecule has 0 N–H and O–H groups in total. The van der Waals surface area contributed by atoms with Gasteiger partial charge in [0.1, 0.15) is 12.3 Å². The molecule has 2 rings (SSSR count). The predicted molar refractivity (Wildman–Crippen MR) is 72.8 cm³/mol. The quantitative estimate of drug-likeness (QED) is 0.751. The molecule has 0 atom stereocenters. The van der Waals surface area contributed by atoms with Crippen molar-refractivity contribution in [1.29, 1.82) is 0 Å². The molecule has 1 aromatic rings. The van der Waals surface area contributed by atoms with Gasteiger partial charge in [-0.15, -0.1) is 0 Å². The Bertz CT molecular complexity index is 510. The Morgan fingerprint density at radius 2 is 2.06 bits per heavy atom. The fraction of sp³-hybridized carbons (Fsp3) is 0.200. The molecule has 0 aromatic heterocycles. The molecule has 0 amide bonds. The normalized spacial score (nSPS) is 14.5. The van der Waals surface area contributed by atoms with Crippen LogP contribution in [-0.2, 0) is 11.3 Å². The Morgan fingerprint density at radius 3 is 2.72 bits per heavy atom. The van der Waals surface area contributed by atoms with Gasteiger partial charge in [-0.2, -0.15) is 4.91 Å². The minimum atomic E-state index is 0.222. The minimum absolute atomic E-state index is 0.222. The average molecular weight is 241 g/mol. The summed E-state index contributed by atoms with van der Waals surface area (Å²) in [5.41, 5.74) is 3.17. The van der Waals surface area contributed by atoms with Gasteiger partial charge in [-0.25, -0.2) is 0 Å². The predicted octanol–water partition coefficient (Wildman–Crippen LogP) is 3.83. The molecule has 3 nitrogen and oxygen atoms in total. The highest BCUT2D eigenvalue weighted by molar-refractivity contribution is 5.75. The fourth-order valence-electron chi connectivity index (χ4n) is 1.84. The molecule has 0 bridgehead atoms. The molecule has 0 radical (unpaired) electrons. The Hall–Kier alpha value is -2.16. The van der Waals surface area contributed by atoms with E-state index >= 15 is 0 Å². The summed E-state index contributed by atoms with van der Waals surface area (Å²) in [4.78, 5) is 10.2. The van der Waals surface area contributed by atoms with Crippen molar-refractivity contribution < 1.29 is 4.74 Å². The van der Waals surface area contributed by atoms with Crippen LogP contribution in [0.2, 0.25) is 0 Å². The minimum Gasteiger partial charge on any atom is -0.497 e. The van der Waals surface area contributed by atoms with E-state index in [0.717, 1.165) is 28.9 Å². The number of methoxy groups -OCH3 is 1. The lowest BCUT2D eigenvalue weighted by Gasteiger charge is -2.05. The van der Waals surface area contributed by atoms with E-state index in [4.69, 9.17) is 4.74 Å². The Balaban J connectivity index is 2.25. The summed E-state index contributed by atoms with van der Waals surface area (Å²) in [7, 11) is 1.66. The van der Waals surface area contributed by atoms with Gasteiger partial charge in [0.2, 0.25) is 0 Å². The van der Waals surface area contributed by atoms with Gasteiger partial charge in [0, 0.05) is 0 Å². The number of ether oxygens (including phenoxy) is 1. The highest BCUT2D eigenvalue weighted by atomic mass is 16.5. The molecule has 1 aliphatic carbocycles. The van der Waals surface area contributed by atoms with E-state index in [9.17, 15) is 4.91 Å². The molecule has 3 heteroatoms. The zero-order valence-corrected chi connectivity index (χ0v) is 10.3. The number of rotatable bonds is 4. The van der Waals surface area contributed by atoms with E-state index in [2.05, 4.69) is 17.3 Å². The topological polar surface area (TPSA) is 38.7 Å². The second-order valence-corrected chi connectivity index (χ2v) is 4.03. The van der Waals surface area contributed by atoms with Crippen molar-refractivity contribution in [1.82, 2.24) is 0 Å². The molecule has 1 aliphatic rings. The molecule has 1 aromatic carbocycles. The van der Waals surface area contributed by atoms with Crippen molar-refractivity contribution in [3.63, 3.8) is 0 Å². The van der Waals surface area contributed by atoms with Gasteiger partial charge in [-0.3, -0.25) is 0 Å². The third kappa shape index (κ3) is 2.94. The van der Waals surface area contributed by atoms with Gasteiger partial charge < -0.3 is 4.74 Å². The highest BCUT2D eigenvalue weighted by Crippen LogP contribution is 2.22. The maximum absolute atomic E-state index is 10.2. The molecule has 0 fully saturated rings. The van der Waals surface area contributed by atoms with Crippen LogP contribution in [0.5, 0.6) is 0 Å². The van der Waals surface area contributed by atoms with Crippen LogP contribution in [0, 0.1) is 4.91 Å². The van der Waals surface area contributed by atoms with E-state index in [1.807, 2.05) is 36.4 Å². The largest absolute Gasteiger partial charge is 0.497 e. The monoisotopic (exact) mass is 241 g/mol. The Labute approximate surface area is 106 Å². The first-order valence-electron chi connectivity index (χ1n) is 5.84. The molecular weight excluding hydrogens is 226 g/mol. The number of hydrogen-bond donors (Lipinski definition) is 0. The van der Waals surface area contributed by atoms with Crippen LogP contribution >= 0.6 is 0 Å². The summed E-state index contributed by atoms with van der Waals surface area (Å²) in [5.74, 6) is 0.845. The number of benzene rings is 1. The standard InChI is InChI=1S/C15H15NO2/c1-18-15-5-3-2-4-14(10-15)13-8-6-12(7-9-13)11-16-17/h3-10H,2,11H2,1H3. The first-order valence-corrected chi connectivity index (χ1v) is 5.84. The maximum atomic E-state index is 10.2. The molecule has 0 unspecified atom stereocenters. The van der Waals surface area contributed by atoms with Crippen molar-refractivity contribution in [2.24, 2.45) is 5.18 Å². The van der Waals surface area contributed by atoms with Crippen molar-refractivity contribution in [3.8, 4) is 0 Å². The first-order chi connectivity index (χ1) is 8.83. The Morgan fingerprint density at radius 1 is 1.28 bits per heavy atom. The summed E-state index contributed by atoms with van der Waals surface area (Å²) in [6.45, 7) is 0.222. The third-order valence-corrected chi connectivity index (χ3v) is 2.82. The van der Waals surface area contributed by atoms with Crippen LogP contribution in [0.25, 0.3) is 5.57 Å². The van der Waals surface area contributed by atoms with Crippen molar-refractivity contribution in [2.45, 2.75) is 13.0 Å². The SMILES string of the molecule is COC1=CC(c2ccc(CN=O)cc2)=CCC=C1. The summed E-state index contributed by atoms with van der Waals surface area (Å²) in [6, 6.07) is 7.86. The van der Waals surface area contributed by atoms with Crippen LogP contribution in [0.3, 0.4) is 0 Å². The van der Waals surface area contributed by atoms with Gasteiger partial charge in [-0.1, -0.05) is 41.6 Å². The van der Waals surface area contributed by atoms with Gasteiger partial charge in [0.25, 0.3) is 0 Å². The van der Waals surface area contributed by atoms with Crippen LogP contribution in [0.15, 0.2) is 59.5 Å². The molecule has 0 saturated carbocycles. The summed E-state index contributed by atoms with van der Waals surface area (Å²) in [5, 5.41) is 2.88. The van der Waals surface area contributed by atoms with Crippen molar-refractivity contribution >= 4 is 5.57 Å². The second kappa shape index (κ2) is 5.96. The number of nitroso groups, excluding NO2 is 1.